The van der Waals surface area contributed by atoms with Gasteiger partial charge in [0, 0.05) is 29.7 Å². The number of aryl methyl sites for hydroxylation is 1. The van der Waals surface area contributed by atoms with Crippen molar-refractivity contribution in [1.82, 2.24) is 4.57 Å². The van der Waals surface area contributed by atoms with Gasteiger partial charge in [-0.2, -0.15) is 0 Å². The summed E-state index contributed by atoms with van der Waals surface area (Å²) in [6.07, 6.45) is 2.08. The first-order chi connectivity index (χ1) is 8.25. The molecule has 1 heterocycles. The van der Waals surface area contributed by atoms with Crippen molar-refractivity contribution in [3.8, 4) is 11.1 Å². The molecule has 1 aromatic heterocycles. The zero-order valence-electron chi connectivity index (χ0n) is 9.52. The first kappa shape index (κ1) is 10.1. The Kier molecular flexibility index (Phi) is 2.22. The van der Waals surface area contributed by atoms with Crippen molar-refractivity contribution >= 4 is 10.9 Å². The van der Waals surface area contributed by atoms with Crippen LogP contribution in [0.1, 0.15) is 0 Å². The fourth-order valence-corrected chi connectivity index (χ4v) is 2.20. The third-order valence-corrected chi connectivity index (χ3v) is 3.05. The molecule has 1 nitrogen and oxygen atoms in total. The average Bonchev–Trinajstić information content (AvgIpc) is 2.69. The predicted octanol–water partition coefficient (Wildman–Crippen LogP) is 3.98. The van der Waals surface area contributed by atoms with E-state index in [1.807, 2.05) is 31.3 Å². The molecule has 0 amide bonds. The molecule has 0 fully saturated rings. The maximum atomic E-state index is 12.9. The molecule has 0 aliphatic rings. The highest BCUT2D eigenvalue weighted by atomic mass is 19.1. The molecule has 2 aromatic carbocycles. The van der Waals surface area contributed by atoms with Crippen LogP contribution >= 0.6 is 0 Å². The van der Waals surface area contributed by atoms with Gasteiger partial charge in [-0.15, -0.1) is 0 Å². The molecule has 3 rings (SSSR count). The molecule has 2 heteroatoms. The van der Waals surface area contributed by atoms with E-state index < -0.39 is 0 Å². The number of halogens is 1. The third kappa shape index (κ3) is 1.62. The number of nitrogens with zero attached hydrogens (tertiary/aromatic N) is 1. The Morgan fingerprint density at radius 1 is 0.941 bits per heavy atom. The maximum absolute atomic E-state index is 12.9. The van der Waals surface area contributed by atoms with Crippen LogP contribution in [0.5, 0.6) is 0 Å². The summed E-state index contributed by atoms with van der Waals surface area (Å²) in [5, 5.41) is 1.20. The molecule has 0 aliphatic heterocycles. The Bertz CT molecular complexity index is 665. The number of benzene rings is 2. The van der Waals surface area contributed by atoms with Gasteiger partial charge in [-0.05, 0) is 23.8 Å². The zero-order valence-corrected chi connectivity index (χ0v) is 9.52. The topological polar surface area (TPSA) is 4.93 Å². The Morgan fingerprint density at radius 2 is 1.65 bits per heavy atom. The number of hydrogen-bond acceptors (Lipinski definition) is 0. The molecule has 0 spiro atoms. The number of hydrogen-bond donors (Lipinski definition) is 0. The Hall–Kier alpha value is -2.09. The minimum atomic E-state index is -0.200. The van der Waals surface area contributed by atoms with Crippen LogP contribution in [0, 0.1) is 5.82 Å². The van der Waals surface area contributed by atoms with Gasteiger partial charge < -0.3 is 4.57 Å². The summed E-state index contributed by atoms with van der Waals surface area (Å²) in [6, 6.07) is 14.9. The second kappa shape index (κ2) is 3.74. The van der Waals surface area contributed by atoms with Crippen molar-refractivity contribution < 1.29 is 4.39 Å². The van der Waals surface area contributed by atoms with Gasteiger partial charge in [0.25, 0.3) is 0 Å². The van der Waals surface area contributed by atoms with Gasteiger partial charge in [-0.1, -0.05) is 30.3 Å². The van der Waals surface area contributed by atoms with Gasteiger partial charge in [-0.3, -0.25) is 0 Å². The molecular weight excluding hydrogens is 213 g/mol. The average molecular weight is 225 g/mol. The number of para-hydroxylation sites is 1. The molecule has 0 bridgehead atoms. The zero-order chi connectivity index (χ0) is 11.8. The smallest absolute Gasteiger partial charge is 0.123 e. The van der Waals surface area contributed by atoms with Crippen molar-refractivity contribution in [1.29, 1.82) is 0 Å². The van der Waals surface area contributed by atoms with E-state index in [4.69, 9.17) is 0 Å². The van der Waals surface area contributed by atoms with Crippen molar-refractivity contribution in [3.05, 3.63) is 60.5 Å². The quantitative estimate of drug-likeness (QED) is 0.590. The van der Waals surface area contributed by atoms with E-state index >= 15 is 0 Å². The molecule has 0 saturated carbocycles. The molecule has 0 aliphatic carbocycles. The molecule has 0 N–H and O–H groups in total. The van der Waals surface area contributed by atoms with Crippen LogP contribution in [0.4, 0.5) is 4.39 Å². The molecule has 0 radical (unpaired) electrons. The Morgan fingerprint density at radius 3 is 2.41 bits per heavy atom. The van der Waals surface area contributed by atoms with Crippen LogP contribution in [0.15, 0.2) is 54.7 Å². The van der Waals surface area contributed by atoms with Crippen molar-refractivity contribution in [2.24, 2.45) is 7.05 Å². The number of aromatic nitrogens is 1. The van der Waals surface area contributed by atoms with Crippen LogP contribution in [-0.2, 0) is 7.05 Å². The summed E-state index contributed by atoms with van der Waals surface area (Å²) in [5.74, 6) is -0.200. The third-order valence-electron chi connectivity index (χ3n) is 3.05. The lowest BCUT2D eigenvalue weighted by Gasteiger charge is -1.98. The summed E-state index contributed by atoms with van der Waals surface area (Å²) < 4.78 is 15.0. The van der Waals surface area contributed by atoms with E-state index in [0.29, 0.717) is 0 Å². The normalized spacial score (nSPS) is 10.9. The van der Waals surface area contributed by atoms with Crippen LogP contribution in [0.3, 0.4) is 0 Å². The van der Waals surface area contributed by atoms with Crippen LogP contribution in [-0.4, -0.2) is 4.57 Å². The van der Waals surface area contributed by atoms with Crippen LogP contribution in [0.25, 0.3) is 22.0 Å². The first-order valence-electron chi connectivity index (χ1n) is 5.56. The SMILES string of the molecule is Cn1cc(-c2ccc(F)cc2)c2ccccc21. The lowest BCUT2D eigenvalue weighted by molar-refractivity contribution is 0.628. The second-order valence-corrected chi connectivity index (χ2v) is 4.18. The predicted molar refractivity (Wildman–Crippen MR) is 68.3 cm³/mol. The Balaban J connectivity index is 2.27. The standard InChI is InChI=1S/C15H12FN/c1-17-10-14(11-6-8-12(16)9-7-11)13-4-2-3-5-15(13)17/h2-10H,1H3. The lowest BCUT2D eigenvalue weighted by atomic mass is 10.1. The van der Waals surface area contributed by atoms with E-state index in [-0.39, 0.29) is 5.82 Å². The van der Waals surface area contributed by atoms with Gasteiger partial charge in [0.2, 0.25) is 0 Å². The minimum Gasteiger partial charge on any atom is -0.350 e. The second-order valence-electron chi connectivity index (χ2n) is 4.18. The van der Waals surface area contributed by atoms with Gasteiger partial charge in [0.15, 0.2) is 0 Å². The van der Waals surface area contributed by atoms with Gasteiger partial charge in [-0.25, -0.2) is 4.39 Å². The lowest BCUT2D eigenvalue weighted by Crippen LogP contribution is -1.81. The van der Waals surface area contributed by atoms with E-state index in [2.05, 4.69) is 22.9 Å². The fraction of sp³-hybridized carbons (Fsp3) is 0.0667. The summed E-state index contributed by atoms with van der Waals surface area (Å²) in [7, 11) is 2.02. The van der Waals surface area contributed by atoms with Crippen molar-refractivity contribution in [3.63, 3.8) is 0 Å². The first-order valence-corrected chi connectivity index (χ1v) is 5.56. The van der Waals surface area contributed by atoms with Crippen molar-refractivity contribution in [2.75, 3.05) is 0 Å². The summed E-state index contributed by atoms with van der Waals surface area (Å²) >= 11 is 0. The van der Waals surface area contributed by atoms with E-state index in [9.17, 15) is 4.39 Å². The van der Waals surface area contributed by atoms with E-state index in [1.165, 1.54) is 23.0 Å². The molecule has 84 valence electrons. The largest absolute Gasteiger partial charge is 0.350 e. The molecule has 0 saturated heterocycles. The Labute approximate surface area is 99.1 Å². The molecular formula is C15H12FN. The van der Waals surface area contributed by atoms with Crippen molar-refractivity contribution in [2.45, 2.75) is 0 Å². The van der Waals surface area contributed by atoms with Crippen LogP contribution in [0.2, 0.25) is 0 Å². The maximum Gasteiger partial charge on any atom is 0.123 e. The molecule has 17 heavy (non-hydrogen) atoms. The fourth-order valence-electron chi connectivity index (χ4n) is 2.20. The van der Waals surface area contributed by atoms with Crippen LogP contribution < -0.4 is 0 Å². The minimum absolute atomic E-state index is 0.200. The monoisotopic (exact) mass is 225 g/mol. The number of rotatable bonds is 1. The van der Waals surface area contributed by atoms with Gasteiger partial charge in [0.1, 0.15) is 5.82 Å². The summed E-state index contributed by atoms with van der Waals surface area (Å²) in [4.78, 5) is 0. The van der Waals surface area contributed by atoms with E-state index in [0.717, 1.165) is 11.1 Å². The van der Waals surface area contributed by atoms with E-state index in [1.54, 1.807) is 0 Å². The highest BCUT2D eigenvalue weighted by Crippen LogP contribution is 2.29. The highest BCUT2D eigenvalue weighted by molar-refractivity contribution is 5.95. The number of fused-ring (bicyclic) bond motifs is 1. The highest BCUT2D eigenvalue weighted by Gasteiger charge is 2.07. The van der Waals surface area contributed by atoms with Gasteiger partial charge >= 0.3 is 0 Å². The van der Waals surface area contributed by atoms with Gasteiger partial charge in [0.05, 0.1) is 0 Å². The molecule has 3 aromatic rings. The summed E-state index contributed by atoms with van der Waals surface area (Å²) in [6.45, 7) is 0. The molecule has 0 atom stereocenters. The summed E-state index contributed by atoms with van der Waals surface area (Å²) in [5.41, 5.74) is 3.37. The molecule has 0 unspecified atom stereocenters.